The highest BCUT2D eigenvalue weighted by Gasteiger charge is 2.27. The Morgan fingerprint density at radius 1 is 1.16 bits per heavy atom. The van der Waals surface area contributed by atoms with Crippen LogP contribution in [0, 0.1) is 13.8 Å². The van der Waals surface area contributed by atoms with Gasteiger partial charge in [-0.05, 0) is 43.5 Å². The fraction of sp³-hybridized carbons (Fsp3) is 0.450. The molecule has 0 spiro atoms. The first-order valence-corrected chi connectivity index (χ1v) is 11.3. The van der Waals surface area contributed by atoms with Gasteiger partial charge in [-0.25, -0.2) is 13.2 Å². The van der Waals surface area contributed by atoms with Gasteiger partial charge in [-0.15, -0.1) is 0 Å². The number of carbonyl (C=O) groups excluding carboxylic acids is 1. The van der Waals surface area contributed by atoms with Crippen LogP contribution in [0.15, 0.2) is 32.7 Å². The van der Waals surface area contributed by atoms with Gasteiger partial charge in [0.05, 0.1) is 11.4 Å². The molecule has 0 saturated heterocycles. The highest BCUT2D eigenvalue weighted by atomic mass is 32.2. The predicted molar refractivity (Wildman–Crippen MR) is 120 cm³/mol. The molecular weight excluding hydrogens is 422 g/mol. The number of H-pyrrole nitrogens is 1. The Balaban J connectivity index is 2.32. The second-order valence-electron chi connectivity index (χ2n) is 7.46. The van der Waals surface area contributed by atoms with Gasteiger partial charge in [0, 0.05) is 20.6 Å². The number of rotatable bonds is 8. The minimum absolute atomic E-state index is 0.0685. The zero-order chi connectivity index (χ0) is 23.5. The first-order valence-electron chi connectivity index (χ1n) is 9.84. The number of anilines is 2. The summed E-state index contributed by atoms with van der Waals surface area (Å²) in [6.07, 6.45) is 1.46. The molecule has 2 rings (SSSR count). The molecule has 10 nitrogen and oxygen atoms in total. The summed E-state index contributed by atoms with van der Waals surface area (Å²) in [4.78, 5) is 40.4. The van der Waals surface area contributed by atoms with Crippen LogP contribution in [0.5, 0.6) is 0 Å². The number of hydrogen-bond donors (Lipinski definition) is 2. The smallest absolute Gasteiger partial charge is 0.330 e. The van der Waals surface area contributed by atoms with E-state index in [2.05, 4.69) is 4.98 Å². The summed E-state index contributed by atoms with van der Waals surface area (Å²) in [7, 11) is -1.33. The van der Waals surface area contributed by atoms with Gasteiger partial charge in [0.15, 0.2) is 5.69 Å². The van der Waals surface area contributed by atoms with E-state index in [0.29, 0.717) is 6.42 Å². The van der Waals surface area contributed by atoms with Crippen molar-refractivity contribution in [3.05, 3.63) is 50.2 Å². The quantitative estimate of drug-likeness (QED) is 0.609. The molecule has 1 aromatic heterocycles. The van der Waals surface area contributed by atoms with Crippen molar-refractivity contribution in [2.75, 3.05) is 31.3 Å². The molecule has 31 heavy (non-hydrogen) atoms. The third kappa shape index (κ3) is 5.05. The highest BCUT2D eigenvalue weighted by molar-refractivity contribution is 7.89. The standard InChI is InChI=1S/C20H29N5O5S/c1-6-7-10-25-18(21)17(19(27)22-20(25)28)24(5)16(26)12-23(4)31(29,30)15-9-8-13(2)14(3)11-15/h8-9,11H,6-7,10,12,21H2,1-5H3,(H,22,27,28). The Labute approximate surface area is 181 Å². The molecule has 1 aromatic carbocycles. The second-order valence-corrected chi connectivity index (χ2v) is 9.50. The molecule has 0 aliphatic carbocycles. The summed E-state index contributed by atoms with van der Waals surface area (Å²) < 4.78 is 27.8. The number of benzene rings is 1. The number of nitrogen functional groups attached to an aromatic ring is 1. The lowest BCUT2D eigenvalue weighted by Gasteiger charge is -2.23. The molecular formula is C20H29N5O5S. The molecule has 0 unspecified atom stereocenters. The maximum Gasteiger partial charge on any atom is 0.330 e. The average molecular weight is 452 g/mol. The Morgan fingerprint density at radius 3 is 2.39 bits per heavy atom. The first kappa shape index (κ1) is 24.4. The number of nitrogens with two attached hydrogens (primary N) is 1. The Bertz CT molecular complexity index is 1200. The number of carbonyl (C=O) groups is 1. The molecule has 0 bridgehead atoms. The number of likely N-dealkylation sites (N-methyl/N-ethyl adjacent to an activating group) is 2. The highest BCUT2D eigenvalue weighted by Crippen LogP contribution is 2.20. The van der Waals surface area contributed by atoms with Gasteiger partial charge in [-0.1, -0.05) is 19.4 Å². The van der Waals surface area contributed by atoms with Crippen molar-refractivity contribution in [1.29, 1.82) is 0 Å². The van der Waals surface area contributed by atoms with Gasteiger partial charge in [0.2, 0.25) is 15.9 Å². The molecule has 1 amide bonds. The molecule has 11 heteroatoms. The van der Waals surface area contributed by atoms with E-state index in [-0.39, 0.29) is 22.9 Å². The summed E-state index contributed by atoms with van der Waals surface area (Å²) in [6.45, 7) is 5.38. The largest absolute Gasteiger partial charge is 0.383 e. The third-order valence-corrected chi connectivity index (χ3v) is 7.00. The normalized spacial score (nSPS) is 11.7. The lowest BCUT2D eigenvalue weighted by molar-refractivity contribution is -0.118. The van der Waals surface area contributed by atoms with E-state index in [9.17, 15) is 22.8 Å². The molecule has 0 atom stereocenters. The number of unbranched alkanes of at least 4 members (excludes halogenated alkanes) is 1. The summed E-state index contributed by atoms with van der Waals surface area (Å²) >= 11 is 0. The number of nitrogens with zero attached hydrogens (tertiary/aromatic N) is 3. The molecule has 2 aromatic rings. The minimum atomic E-state index is -3.92. The van der Waals surface area contributed by atoms with Gasteiger partial charge >= 0.3 is 5.69 Å². The molecule has 0 radical (unpaired) electrons. The van der Waals surface area contributed by atoms with E-state index < -0.39 is 33.7 Å². The summed E-state index contributed by atoms with van der Waals surface area (Å²) in [6, 6.07) is 4.72. The summed E-state index contributed by atoms with van der Waals surface area (Å²) in [5, 5.41) is 0. The van der Waals surface area contributed by atoms with Crippen LogP contribution in [-0.4, -0.2) is 48.8 Å². The zero-order valence-electron chi connectivity index (χ0n) is 18.4. The van der Waals surface area contributed by atoms with E-state index >= 15 is 0 Å². The molecule has 0 saturated carbocycles. The maximum atomic E-state index is 12.9. The van der Waals surface area contributed by atoms with Crippen molar-refractivity contribution in [1.82, 2.24) is 13.9 Å². The lowest BCUT2D eigenvalue weighted by atomic mass is 10.1. The van der Waals surface area contributed by atoms with E-state index in [0.717, 1.165) is 26.8 Å². The van der Waals surface area contributed by atoms with Gasteiger partial charge in [-0.2, -0.15) is 4.31 Å². The Morgan fingerprint density at radius 2 is 1.81 bits per heavy atom. The van der Waals surface area contributed by atoms with Crippen molar-refractivity contribution in [3.63, 3.8) is 0 Å². The molecule has 0 aliphatic heterocycles. The van der Waals surface area contributed by atoms with E-state index in [4.69, 9.17) is 5.73 Å². The molecule has 0 fully saturated rings. The van der Waals surface area contributed by atoms with Crippen molar-refractivity contribution < 1.29 is 13.2 Å². The van der Waals surface area contributed by atoms with E-state index in [1.165, 1.54) is 24.7 Å². The monoisotopic (exact) mass is 451 g/mol. The van der Waals surface area contributed by atoms with Crippen LogP contribution in [0.4, 0.5) is 11.5 Å². The van der Waals surface area contributed by atoms with Crippen molar-refractivity contribution in [2.45, 2.75) is 45.1 Å². The van der Waals surface area contributed by atoms with E-state index in [1.807, 2.05) is 13.8 Å². The number of nitrogens with one attached hydrogen (secondary N) is 1. The number of amides is 1. The fourth-order valence-corrected chi connectivity index (χ4v) is 4.21. The Hall–Kier alpha value is -2.92. The lowest BCUT2D eigenvalue weighted by Crippen LogP contribution is -2.43. The van der Waals surface area contributed by atoms with Crippen LogP contribution in [0.25, 0.3) is 0 Å². The van der Waals surface area contributed by atoms with Crippen LogP contribution in [0.2, 0.25) is 0 Å². The zero-order valence-corrected chi connectivity index (χ0v) is 19.2. The van der Waals surface area contributed by atoms with Crippen LogP contribution in [-0.2, 0) is 21.4 Å². The number of hydrogen-bond acceptors (Lipinski definition) is 6. The number of aromatic amines is 1. The molecule has 0 aliphatic rings. The predicted octanol–water partition coefficient (Wildman–Crippen LogP) is 0.819. The maximum absolute atomic E-state index is 12.9. The number of sulfonamides is 1. The van der Waals surface area contributed by atoms with Crippen molar-refractivity contribution in [3.8, 4) is 0 Å². The molecule has 1 heterocycles. The molecule has 170 valence electrons. The topological polar surface area (TPSA) is 139 Å². The van der Waals surface area contributed by atoms with Crippen molar-refractivity contribution >= 4 is 27.4 Å². The minimum Gasteiger partial charge on any atom is -0.383 e. The van der Waals surface area contributed by atoms with Crippen LogP contribution in [0.3, 0.4) is 0 Å². The van der Waals surface area contributed by atoms with Gasteiger partial charge in [-0.3, -0.25) is 19.1 Å². The van der Waals surface area contributed by atoms with Gasteiger partial charge < -0.3 is 10.6 Å². The summed E-state index contributed by atoms with van der Waals surface area (Å²) in [5.41, 5.74) is 6.11. The third-order valence-electron chi connectivity index (χ3n) is 5.20. The summed E-state index contributed by atoms with van der Waals surface area (Å²) in [5.74, 6) is -0.814. The van der Waals surface area contributed by atoms with Gasteiger partial charge in [0.1, 0.15) is 5.82 Å². The fourth-order valence-electron chi connectivity index (χ4n) is 3.00. The van der Waals surface area contributed by atoms with Crippen LogP contribution < -0.4 is 21.9 Å². The SMILES string of the molecule is CCCCn1c(N)c(N(C)C(=O)CN(C)S(=O)(=O)c2ccc(C)c(C)c2)c(=O)[nH]c1=O. The number of aromatic nitrogens is 2. The number of aryl methyl sites for hydroxylation is 2. The second kappa shape index (κ2) is 9.48. The van der Waals surface area contributed by atoms with Crippen LogP contribution >= 0.6 is 0 Å². The van der Waals surface area contributed by atoms with Crippen molar-refractivity contribution in [2.24, 2.45) is 0 Å². The van der Waals surface area contributed by atoms with Gasteiger partial charge in [0.25, 0.3) is 5.56 Å². The average Bonchev–Trinajstić information content (AvgIpc) is 2.69. The van der Waals surface area contributed by atoms with Crippen LogP contribution in [0.1, 0.15) is 30.9 Å². The first-order chi connectivity index (χ1) is 14.4. The Kier molecular flexibility index (Phi) is 7.45. The van der Waals surface area contributed by atoms with E-state index in [1.54, 1.807) is 19.1 Å². The molecule has 3 N–H and O–H groups in total.